The van der Waals surface area contributed by atoms with Gasteiger partial charge in [-0.15, -0.1) is 0 Å². The second kappa shape index (κ2) is 7.55. The average molecular weight is 403 g/mol. The van der Waals surface area contributed by atoms with E-state index in [0.717, 1.165) is 5.56 Å². The maximum atomic E-state index is 12.0. The number of sulfone groups is 1. The van der Waals surface area contributed by atoms with Crippen LogP contribution in [-0.2, 0) is 25.9 Å². The van der Waals surface area contributed by atoms with Crippen LogP contribution < -0.4 is 0 Å². The van der Waals surface area contributed by atoms with Gasteiger partial charge in [0.1, 0.15) is 0 Å². The van der Waals surface area contributed by atoms with Crippen LogP contribution in [0, 0.1) is 0 Å². The minimum Gasteiger partial charge on any atom is -0.465 e. The minimum absolute atomic E-state index is 0.0677. The van der Waals surface area contributed by atoms with E-state index >= 15 is 0 Å². The summed E-state index contributed by atoms with van der Waals surface area (Å²) < 4.78 is 28.9. The first-order valence-electron chi connectivity index (χ1n) is 7.95. The number of hydrogen-bond acceptors (Lipinski definition) is 7. The van der Waals surface area contributed by atoms with Crippen LogP contribution in [0.2, 0.25) is 5.02 Å². The van der Waals surface area contributed by atoms with E-state index in [1.165, 1.54) is 11.8 Å². The summed E-state index contributed by atoms with van der Waals surface area (Å²) >= 11 is 7.23. The number of carbonyl (C=O) groups is 1. The molecule has 1 saturated heterocycles. The number of esters is 1. The molecule has 1 fully saturated rings. The maximum absolute atomic E-state index is 12.0. The molecule has 0 radical (unpaired) electrons. The Morgan fingerprint density at radius 3 is 2.76 bits per heavy atom. The molecule has 25 heavy (non-hydrogen) atoms. The lowest BCUT2D eigenvalue weighted by Crippen LogP contribution is -2.38. The predicted octanol–water partition coefficient (Wildman–Crippen LogP) is 1.97. The lowest BCUT2D eigenvalue weighted by Gasteiger charge is -2.26. The number of ether oxygens (including phenoxy) is 1. The van der Waals surface area contributed by atoms with Crippen molar-refractivity contribution in [2.24, 2.45) is 4.99 Å². The topological polar surface area (TPSA) is 76.0 Å². The smallest absolute Gasteiger partial charge is 0.316 e. The number of halogens is 1. The molecule has 0 aromatic heterocycles. The number of carbonyl (C=O) groups excluding carboxylic acids is 1. The summed E-state index contributed by atoms with van der Waals surface area (Å²) in [6, 6.07) is 6.99. The summed E-state index contributed by atoms with van der Waals surface area (Å²) in [5.41, 5.74) is 1.01. The third-order valence-electron chi connectivity index (χ3n) is 4.11. The molecule has 0 spiro atoms. The number of aliphatic imine (C=N–C) groups is 1. The zero-order valence-corrected chi connectivity index (χ0v) is 16.1. The summed E-state index contributed by atoms with van der Waals surface area (Å²) in [7, 11) is -3.07. The van der Waals surface area contributed by atoms with Gasteiger partial charge in [-0.2, -0.15) is 0 Å². The van der Waals surface area contributed by atoms with Gasteiger partial charge < -0.3 is 9.64 Å². The number of nitrogens with zero attached hydrogens (tertiary/aromatic N) is 2. The van der Waals surface area contributed by atoms with E-state index in [9.17, 15) is 13.2 Å². The van der Waals surface area contributed by atoms with Crippen LogP contribution in [0.1, 0.15) is 12.5 Å². The summed E-state index contributed by atoms with van der Waals surface area (Å²) in [6.07, 6.45) is 0. The van der Waals surface area contributed by atoms with Crippen LogP contribution in [0.15, 0.2) is 29.3 Å². The molecular weight excluding hydrogens is 384 g/mol. The van der Waals surface area contributed by atoms with Crippen molar-refractivity contribution in [3.8, 4) is 0 Å². The van der Waals surface area contributed by atoms with E-state index in [-0.39, 0.29) is 35.3 Å². The van der Waals surface area contributed by atoms with E-state index in [1.54, 1.807) is 19.1 Å². The lowest BCUT2D eigenvalue weighted by molar-refractivity contribution is -0.139. The van der Waals surface area contributed by atoms with E-state index in [0.29, 0.717) is 23.3 Å². The fraction of sp³-hybridized carbons (Fsp3) is 0.500. The van der Waals surface area contributed by atoms with Gasteiger partial charge in [-0.05, 0) is 24.6 Å². The van der Waals surface area contributed by atoms with Crippen LogP contribution in [0.5, 0.6) is 0 Å². The fourth-order valence-corrected chi connectivity index (χ4v) is 5.91. The van der Waals surface area contributed by atoms with Gasteiger partial charge in [0.15, 0.2) is 15.0 Å². The molecule has 1 aromatic rings. The first kappa shape index (κ1) is 18.5. The van der Waals surface area contributed by atoms with E-state index < -0.39 is 9.84 Å². The third kappa shape index (κ3) is 4.48. The van der Waals surface area contributed by atoms with Crippen molar-refractivity contribution in [2.45, 2.75) is 25.6 Å². The fourth-order valence-electron chi connectivity index (χ4n) is 3.01. The molecule has 2 atom stereocenters. The monoisotopic (exact) mass is 402 g/mol. The van der Waals surface area contributed by atoms with Gasteiger partial charge in [0.2, 0.25) is 0 Å². The Hall–Kier alpha value is -1.25. The third-order valence-corrected chi connectivity index (χ3v) is 7.04. The average Bonchev–Trinajstić information content (AvgIpc) is 3.00. The molecule has 136 valence electrons. The molecule has 0 bridgehead atoms. The zero-order chi connectivity index (χ0) is 18.0. The van der Waals surface area contributed by atoms with Gasteiger partial charge in [0.05, 0.1) is 35.9 Å². The van der Waals surface area contributed by atoms with Crippen molar-refractivity contribution >= 4 is 44.3 Å². The molecule has 2 heterocycles. The van der Waals surface area contributed by atoms with E-state index in [4.69, 9.17) is 16.3 Å². The molecular formula is C16H19ClN2O4S2. The molecule has 2 aliphatic heterocycles. The van der Waals surface area contributed by atoms with Crippen LogP contribution in [0.4, 0.5) is 0 Å². The molecule has 0 unspecified atom stereocenters. The van der Waals surface area contributed by atoms with Crippen molar-refractivity contribution in [2.75, 3.05) is 23.9 Å². The highest BCUT2D eigenvalue weighted by Gasteiger charge is 2.46. The van der Waals surface area contributed by atoms with Gasteiger partial charge in [0.25, 0.3) is 0 Å². The first-order chi connectivity index (χ1) is 11.9. The van der Waals surface area contributed by atoms with E-state index in [2.05, 4.69) is 4.99 Å². The van der Waals surface area contributed by atoms with Gasteiger partial charge >= 0.3 is 5.97 Å². The Labute approximate surface area is 156 Å². The normalized spacial score (nSPS) is 24.1. The van der Waals surface area contributed by atoms with Gasteiger partial charge in [-0.25, -0.2) is 8.42 Å². The molecule has 2 aliphatic rings. The number of thioether (sulfide) groups is 1. The van der Waals surface area contributed by atoms with Crippen molar-refractivity contribution in [1.82, 2.24) is 4.90 Å². The Morgan fingerprint density at radius 2 is 2.08 bits per heavy atom. The van der Waals surface area contributed by atoms with Crippen LogP contribution in [0.3, 0.4) is 0 Å². The number of benzene rings is 1. The van der Waals surface area contributed by atoms with Crippen molar-refractivity contribution in [1.29, 1.82) is 0 Å². The van der Waals surface area contributed by atoms with Gasteiger partial charge in [-0.3, -0.25) is 9.79 Å². The van der Waals surface area contributed by atoms with Gasteiger partial charge in [-0.1, -0.05) is 35.5 Å². The summed E-state index contributed by atoms with van der Waals surface area (Å²) in [4.78, 5) is 18.2. The molecule has 0 amide bonds. The maximum Gasteiger partial charge on any atom is 0.316 e. The Morgan fingerprint density at radius 1 is 1.36 bits per heavy atom. The van der Waals surface area contributed by atoms with Crippen molar-refractivity contribution in [3.05, 3.63) is 34.9 Å². The number of amidine groups is 1. The molecule has 1 aromatic carbocycles. The highest BCUT2D eigenvalue weighted by molar-refractivity contribution is 8.14. The largest absolute Gasteiger partial charge is 0.465 e. The highest BCUT2D eigenvalue weighted by Crippen LogP contribution is 2.32. The summed E-state index contributed by atoms with van der Waals surface area (Å²) in [5.74, 6) is 0.0261. The van der Waals surface area contributed by atoms with Gasteiger partial charge in [0, 0.05) is 11.6 Å². The van der Waals surface area contributed by atoms with E-state index in [1.807, 2.05) is 17.0 Å². The number of hydrogen-bond donors (Lipinski definition) is 0. The number of rotatable bonds is 5. The summed E-state index contributed by atoms with van der Waals surface area (Å²) in [5, 5.41) is 1.35. The Balaban J connectivity index is 1.76. The minimum atomic E-state index is -3.07. The van der Waals surface area contributed by atoms with Crippen molar-refractivity contribution in [3.63, 3.8) is 0 Å². The zero-order valence-electron chi connectivity index (χ0n) is 13.7. The molecule has 0 N–H and O–H groups in total. The highest BCUT2D eigenvalue weighted by atomic mass is 35.5. The Bertz CT molecular complexity index is 780. The lowest BCUT2D eigenvalue weighted by atomic mass is 10.1. The number of fused-ring (bicyclic) bond motifs is 1. The summed E-state index contributed by atoms with van der Waals surface area (Å²) in [6.45, 7) is 2.63. The predicted molar refractivity (Wildman–Crippen MR) is 99.8 cm³/mol. The second-order valence-electron chi connectivity index (χ2n) is 5.97. The molecule has 0 aliphatic carbocycles. The molecule has 3 rings (SSSR count). The SMILES string of the molecule is CCOC(=O)CSC1=N[C@@H]2CS(=O)(=O)C[C@H]2N1Cc1ccc(Cl)cc1. The molecule has 9 heteroatoms. The second-order valence-corrected chi connectivity index (χ2v) is 9.50. The van der Waals surface area contributed by atoms with Crippen LogP contribution in [0.25, 0.3) is 0 Å². The van der Waals surface area contributed by atoms with Crippen LogP contribution in [-0.4, -0.2) is 60.4 Å². The molecule has 6 nitrogen and oxygen atoms in total. The van der Waals surface area contributed by atoms with Crippen LogP contribution >= 0.6 is 23.4 Å². The Kier molecular flexibility index (Phi) is 5.60. The molecule has 0 saturated carbocycles. The first-order valence-corrected chi connectivity index (χ1v) is 11.1. The standard InChI is InChI=1S/C16H19ClN2O4S2/c1-2-23-15(20)8-24-16-18-13-9-25(21,22)10-14(13)19(16)7-11-3-5-12(17)6-4-11/h3-6,13-14H,2,7-10H2,1H3/t13-,14-/m1/s1. The van der Waals surface area contributed by atoms with Crippen molar-refractivity contribution < 1.29 is 17.9 Å². The quantitative estimate of drug-likeness (QED) is 0.701.